The van der Waals surface area contributed by atoms with Crippen LogP contribution >= 0.6 is 12.4 Å². The quantitative estimate of drug-likeness (QED) is 0.893. The molecule has 1 N–H and O–H groups in total. The van der Waals surface area contributed by atoms with E-state index >= 15 is 0 Å². The maximum Gasteiger partial charge on any atom is 0.234 e. The molecule has 0 aliphatic carbocycles. The van der Waals surface area contributed by atoms with E-state index in [4.69, 9.17) is 0 Å². The molecule has 2 saturated heterocycles. The molecule has 138 valence electrons. The topological polar surface area (TPSA) is 32.3 Å². The highest BCUT2D eigenvalue weighted by Gasteiger charge is 2.34. The van der Waals surface area contributed by atoms with Gasteiger partial charge in [-0.1, -0.05) is 60.7 Å². The second-order valence-corrected chi connectivity index (χ2v) is 7.34. The third kappa shape index (κ3) is 3.94. The Balaban J connectivity index is 0.00000196. The zero-order chi connectivity index (χ0) is 17.1. The number of halogens is 1. The van der Waals surface area contributed by atoms with Crippen LogP contribution in [0.1, 0.15) is 29.9 Å². The van der Waals surface area contributed by atoms with E-state index in [0.29, 0.717) is 0 Å². The summed E-state index contributed by atoms with van der Waals surface area (Å²) in [5.74, 6) is 1.54. The summed E-state index contributed by atoms with van der Waals surface area (Å²) in [6.45, 7) is 4.01. The van der Waals surface area contributed by atoms with Gasteiger partial charge >= 0.3 is 0 Å². The largest absolute Gasteiger partial charge is 0.342 e. The number of hydrogen-bond donors (Lipinski definition) is 1. The number of carbonyl (C=O) groups excluding carboxylic acids is 1. The van der Waals surface area contributed by atoms with E-state index in [1.54, 1.807) is 0 Å². The number of carbonyl (C=O) groups is 1. The van der Waals surface area contributed by atoms with Gasteiger partial charge in [0.05, 0.1) is 5.92 Å². The van der Waals surface area contributed by atoms with E-state index in [1.807, 2.05) is 36.4 Å². The first-order valence-electron chi connectivity index (χ1n) is 9.42. The summed E-state index contributed by atoms with van der Waals surface area (Å²) in [7, 11) is 0. The van der Waals surface area contributed by atoms with Crippen LogP contribution in [0.3, 0.4) is 0 Å². The number of rotatable bonds is 3. The Bertz CT molecular complexity index is 653. The van der Waals surface area contributed by atoms with Crippen molar-refractivity contribution in [1.29, 1.82) is 0 Å². The van der Waals surface area contributed by atoms with Crippen LogP contribution < -0.4 is 5.32 Å². The summed E-state index contributed by atoms with van der Waals surface area (Å²) < 4.78 is 0. The van der Waals surface area contributed by atoms with Crippen molar-refractivity contribution >= 4 is 18.3 Å². The van der Waals surface area contributed by atoms with Crippen LogP contribution in [0.15, 0.2) is 60.7 Å². The van der Waals surface area contributed by atoms with Crippen LogP contribution in [0, 0.1) is 11.8 Å². The average Bonchev–Trinajstić information content (AvgIpc) is 3.02. The Kier molecular flexibility index (Phi) is 6.33. The maximum absolute atomic E-state index is 13.5. The van der Waals surface area contributed by atoms with Crippen molar-refractivity contribution in [2.45, 2.75) is 18.8 Å². The van der Waals surface area contributed by atoms with Crippen LogP contribution in [0.25, 0.3) is 0 Å². The standard InChI is InChI=1S/C22H26N2O.ClH/c25-22(24-13-11-19-15-23-16-20(19)12-14-24)21(17-7-3-1-4-8-17)18-9-5-2-6-10-18;/h1-10,19-21,23H,11-16H2;1H/t19-,20+;. The van der Waals surface area contributed by atoms with Crippen molar-refractivity contribution in [1.82, 2.24) is 10.2 Å². The Hall–Kier alpha value is -1.84. The summed E-state index contributed by atoms with van der Waals surface area (Å²) in [5.41, 5.74) is 2.18. The Morgan fingerprint density at radius 3 is 1.77 bits per heavy atom. The van der Waals surface area contributed by atoms with Crippen LogP contribution in [-0.2, 0) is 4.79 Å². The molecular formula is C22H27ClN2O. The van der Waals surface area contributed by atoms with Gasteiger partial charge < -0.3 is 10.2 Å². The van der Waals surface area contributed by atoms with E-state index in [2.05, 4.69) is 34.5 Å². The first kappa shape index (κ1) is 18.9. The molecule has 0 unspecified atom stereocenters. The molecular weight excluding hydrogens is 344 g/mol. The van der Waals surface area contributed by atoms with Gasteiger partial charge in [-0.2, -0.15) is 0 Å². The van der Waals surface area contributed by atoms with Crippen LogP contribution in [0.2, 0.25) is 0 Å². The Morgan fingerprint density at radius 1 is 0.846 bits per heavy atom. The molecule has 3 nitrogen and oxygen atoms in total. The first-order valence-corrected chi connectivity index (χ1v) is 9.42. The second-order valence-electron chi connectivity index (χ2n) is 7.34. The van der Waals surface area contributed by atoms with Gasteiger partial charge in [0, 0.05) is 13.1 Å². The van der Waals surface area contributed by atoms with Gasteiger partial charge in [-0.25, -0.2) is 0 Å². The number of nitrogens with zero attached hydrogens (tertiary/aromatic N) is 1. The highest BCUT2D eigenvalue weighted by Crippen LogP contribution is 2.31. The fourth-order valence-corrected chi connectivity index (χ4v) is 4.39. The van der Waals surface area contributed by atoms with E-state index in [-0.39, 0.29) is 24.2 Å². The van der Waals surface area contributed by atoms with Crippen molar-refractivity contribution in [2.75, 3.05) is 26.2 Å². The normalized spacial score (nSPS) is 22.4. The molecule has 0 aromatic heterocycles. The first-order chi connectivity index (χ1) is 12.3. The molecule has 2 atom stereocenters. The second kappa shape index (κ2) is 8.70. The van der Waals surface area contributed by atoms with Crippen molar-refractivity contribution in [2.24, 2.45) is 11.8 Å². The van der Waals surface area contributed by atoms with Crippen LogP contribution in [-0.4, -0.2) is 37.0 Å². The Morgan fingerprint density at radius 2 is 1.31 bits per heavy atom. The lowest BCUT2D eigenvalue weighted by Gasteiger charge is -2.27. The van der Waals surface area contributed by atoms with E-state index < -0.39 is 0 Å². The molecule has 1 amide bonds. The highest BCUT2D eigenvalue weighted by atomic mass is 35.5. The molecule has 26 heavy (non-hydrogen) atoms. The zero-order valence-corrected chi connectivity index (χ0v) is 15.8. The zero-order valence-electron chi connectivity index (χ0n) is 15.0. The molecule has 2 aromatic rings. The maximum atomic E-state index is 13.5. The van der Waals surface area contributed by atoms with Crippen molar-refractivity contribution < 1.29 is 4.79 Å². The predicted octanol–water partition coefficient (Wildman–Crippen LogP) is 3.70. The number of benzene rings is 2. The van der Waals surface area contributed by atoms with Gasteiger partial charge in [-0.15, -0.1) is 12.4 Å². The fourth-order valence-electron chi connectivity index (χ4n) is 4.39. The van der Waals surface area contributed by atoms with Gasteiger partial charge in [0.1, 0.15) is 0 Å². The SMILES string of the molecule is Cl.O=C(C(c1ccccc1)c1ccccc1)N1CC[C@@H]2CNC[C@@H]2CC1. The van der Waals surface area contributed by atoms with Gasteiger partial charge in [0.15, 0.2) is 0 Å². The summed E-state index contributed by atoms with van der Waals surface area (Å²) in [6, 6.07) is 20.4. The lowest BCUT2D eigenvalue weighted by molar-refractivity contribution is -0.131. The highest BCUT2D eigenvalue weighted by molar-refractivity contribution is 5.87. The number of fused-ring (bicyclic) bond motifs is 1. The fraction of sp³-hybridized carbons (Fsp3) is 0.409. The molecule has 2 aliphatic heterocycles. The van der Waals surface area contributed by atoms with Gasteiger partial charge in [-0.3, -0.25) is 4.79 Å². The van der Waals surface area contributed by atoms with E-state index in [0.717, 1.165) is 62.0 Å². The molecule has 0 bridgehead atoms. The molecule has 4 heteroatoms. The molecule has 4 rings (SSSR count). The molecule has 2 fully saturated rings. The number of nitrogens with one attached hydrogen (secondary N) is 1. The van der Waals surface area contributed by atoms with Crippen molar-refractivity contribution in [3.8, 4) is 0 Å². The van der Waals surface area contributed by atoms with Crippen LogP contribution in [0.4, 0.5) is 0 Å². The van der Waals surface area contributed by atoms with Gasteiger partial charge in [0.2, 0.25) is 5.91 Å². The van der Waals surface area contributed by atoms with E-state index in [9.17, 15) is 4.79 Å². The average molecular weight is 371 g/mol. The minimum atomic E-state index is -0.196. The van der Waals surface area contributed by atoms with Gasteiger partial charge in [0.25, 0.3) is 0 Å². The number of hydrogen-bond acceptors (Lipinski definition) is 2. The summed E-state index contributed by atoms with van der Waals surface area (Å²) in [6.07, 6.45) is 2.25. The van der Waals surface area contributed by atoms with Gasteiger partial charge in [-0.05, 0) is 48.9 Å². The molecule has 0 spiro atoms. The minimum absolute atomic E-state index is 0. The smallest absolute Gasteiger partial charge is 0.234 e. The lowest BCUT2D eigenvalue weighted by atomic mass is 9.90. The Labute approximate surface area is 162 Å². The monoisotopic (exact) mass is 370 g/mol. The number of amides is 1. The third-order valence-corrected chi connectivity index (χ3v) is 5.84. The summed E-state index contributed by atoms with van der Waals surface area (Å²) >= 11 is 0. The lowest BCUT2D eigenvalue weighted by Crippen LogP contribution is -2.37. The summed E-state index contributed by atoms with van der Waals surface area (Å²) in [5, 5.41) is 3.51. The van der Waals surface area contributed by atoms with Crippen molar-refractivity contribution in [3.05, 3.63) is 71.8 Å². The minimum Gasteiger partial charge on any atom is -0.342 e. The molecule has 2 heterocycles. The molecule has 0 radical (unpaired) electrons. The van der Waals surface area contributed by atoms with Crippen molar-refractivity contribution in [3.63, 3.8) is 0 Å². The number of likely N-dealkylation sites (tertiary alicyclic amines) is 1. The molecule has 0 saturated carbocycles. The third-order valence-electron chi connectivity index (χ3n) is 5.84. The predicted molar refractivity (Wildman–Crippen MR) is 108 cm³/mol. The van der Waals surface area contributed by atoms with E-state index in [1.165, 1.54) is 0 Å². The molecule has 2 aliphatic rings. The summed E-state index contributed by atoms with van der Waals surface area (Å²) in [4.78, 5) is 15.6. The van der Waals surface area contributed by atoms with Crippen LogP contribution in [0.5, 0.6) is 0 Å². The molecule has 2 aromatic carbocycles.